The SMILES string of the molecule is C=C(/C=C\C(=C)B(O)O)OC(CC)CCCC. The Balaban J connectivity index is 4.10. The largest absolute Gasteiger partial charge is 0.491 e. The first-order valence-electron chi connectivity index (χ1n) is 6.09. The summed E-state index contributed by atoms with van der Waals surface area (Å²) in [7, 11) is -1.53. The molecule has 0 radical (unpaired) electrons. The molecule has 3 nitrogen and oxygen atoms in total. The van der Waals surface area contributed by atoms with Crippen LogP contribution in [0.1, 0.15) is 39.5 Å². The highest BCUT2D eigenvalue weighted by molar-refractivity contribution is 6.51. The molecule has 0 aliphatic carbocycles. The zero-order valence-electron chi connectivity index (χ0n) is 10.9. The second-order valence-corrected chi connectivity index (χ2v) is 4.04. The number of rotatable bonds is 9. The Morgan fingerprint density at radius 3 is 2.41 bits per heavy atom. The minimum atomic E-state index is -1.53. The van der Waals surface area contributed by atoms with Crippen LogP contribution in [-0.2, 0) is 4.74 Å². The highest BCUT2D eigenvalue weighted by atomic mass is 16.5. The van der Waals surface area contributed by atoms with Crippen LogP contribution in [0.4, 0.5) is 0 Å². The van der Waals surface area contributed by atoms with Crippen molar-refractivity contribution in [3.05, 3.63) is 36.5 Å². The summed E-state index contributed by atoms with van der Waals surface area (Å²) >= 11 is 0. The molecule has 0 heterocycles. The third-order valence-corrected chi connectivity index (χ3v) is 2.47. The van der Waals surface area contributed by atoms with Gasteiger partial charge >= 0.3 is 7.12 Å². The monoisotopic (exact) mass is 238 g/mol. The molecule has 1 unspecified atom stereocenters. The fourth-order valence-electron chi connectivity index (χ4n) is 1.32. The molecular formula is C13H23BO3. The van der Waals surface area contributed by atoms with Gasteiger partial charge in [-0.25, -0.2) is 0 Å². The van der Waals surface area contributed by atoms with Gasteiger partial charge in [-0.2, -0.15) is 0 Å². The van der Waals surface area contributed by atoms with Gasteiger partial charge in [-0.1, -0.05) is 45.9 Å². The van der Waals surface area contributed by atoms with E-state index in [9.17, 15) is 0 Å². The molecule has 17 heavy (non-hydrogen) atoms. The van der Waals surface area contributed by atoms with Gasteiger partial charge in [0.15, 0.2) is 0 Å². The molecule has 2 N–H and O–H groups in total. The van der Waals surface area contributed by atoms with Crippen LogP contribution >= 0.6 is 0 Å². The van der Waals surface area contributed by atoms with Crippen LogP contribution < -0.4 is 0 Å². The van der Waals surface area contributed by atoms with Crippen molar-refractivity contribution in [3.8, 4) is 0 Å². The minimum Gasteiger partial charge on any atom is -0.491 e. The Morgan fingerprint density at radius 1 is 1.29 bits per heavy atom. The third kappa shape index (κ3) is 7.83. The standard InChI is InChI=1S/C13H23BO3/c1-5-7-8-13(6-2)17-12(4)10-9-11(3)14(15)16/h9-10,13,15-16H,3-8H2,1-2H3/b10-9-. The van der Waals surface area contributed by atoms with E-state index in [2.05, 4.69) is 27.0 Å². The zero-order chi connectivity index (χ0) is 13.3. The Bertz CT molecular complexity index is 272. The second kappa shape index (κ2) is 9.08. The highest BCUT2D eigenvalue weighted by Gasteiger charge is 2.09. The number of hydrogen-bond acceptors (Lipinski definition) is 3. The summed E-state index contributed by atoms with van der Waals surface area (Å²) in [5.74, 6) is 0.523. The van der Waals surface area contributed by atoms with Crippen molar-refractivity contribution in [1.82, 2.24) is 0 Å². The lowest BCUT2D eigenvalue weighted by atomic mass is 9.80. The molecule has 4 heteroatoms. The number of unbranched alkanes of at least 4 members (excludes halogenated alkanes) is 1. The molecule has 0 rings (SSSR count). The average molecular weight is 238 g/mol. The topological polar surface area (TPSA) is 49.7 Å². The second-order valence-electron chi connectivity index (χ2n) is 4.04. The van der Waals surface area contributed by atoms with Crippen molar-refractivity contribution in [2.75, 3.05) is 0 Å². The minimum absolute atomic E-state index is 0.180. The van der Waals surface area contributed by atoms with Gasteiger partial charge in [-0.3, -0.25) is 0 Å². The Hall–Kier alpha value is -0.995. The van der Waals surface area contributed by atoms with Crippen LogP contribution in [0.25, 0.3) is 0 Å². The van der Waals surface area contributed by atoms with Gasteiger partial charge in [0.1, 0.15) is 5.76 Å². The predicted molar refractivity (Wildman–Crippen MR) is 72.3 cm³/mol. The van der Waals surface area contributed by atoms with E-state index in [1.165, 1.54) is 6.08 Å². The zero-order valence-corrected chi connectivity index (χ0v) is 10.9. The third-order valence-electron chi connectivity index (χ3n) is 2.47. The fourth-order valence-corrected chi connectivity index (χ4v) is 1.32. The summed E-state index contributed by atoms with van der Waals surface area (Å²) < 4.78 is 5.65. The maximum absolute atomic E-state index is 8.81. The molecule has 0 aliphatic rings. The maximum Gasteiger partial charge on any atom is 0.487 e. The van der Waals surface area contributed by atoms with E-state index >= 15 is 0 Å². The molecule has 0 aromatic carbocycles. The summed E-state index contributed by atoms with van der Waals surface area (Å²) in [6, 6.07) is 0. The van der Waals surface area contributed by atoms with Crippen molar-refractivity contribution in [2.24, 2.45) is 0 Å². The number of ether oxygens (including phenoxy) is 1. The van der Waals surface area contributed by atoms with Crippen LogP contribution in [0.5, 0.6) is 0 Å². The van der Waals surface area contributed by atoms with Crippen LogP contribution in [0.3, 0.4) is 0 Å². The van der Waals surface area contributed by atoms with Gasteiger partial charge in [-0.05, 0) is 24.4 Å². The Kier molecular flexibility index (Phi) is 8.55. The normalized spacial score (nSPS) is 12.5. The molecule has 0 saturated heterocycles. The first-order valence-corrected chi connectivity index (χ1v) is 6.09. The molecule has 0 spiro atoms. The van der Waals surface area contributed by atoms with Gasteiger partial charge in [0.25, 0.3) is 0 Å². The Labute approximate surface area is 105 Å². The molecule has 0 bridgehead atoms. The van der Waals surface area contributed by atoms with Gasteiger partial charge in [-0.15, -0.1) is 0 Å². The number of allylic oxidation sites excluding steroid dienone is 3. The van der Waals surface area contributed by atoms with Crippen molar-refractivity contribution in [2.45, 2.75) is 45.6 Å². The molecule has 0 fully saturated rings. The van der Waals surface area contributed by atoms with Gasteiger partial charge in [0.05, 0.1) is 6.10 Å². The van der Waals surface area contributed by atoms with E-state index in [0.717, 1.165) is 25.7 Å². The van der Waals surface area contributed by atoms with Gasteiger partial charge in [0.2, 0.25) is 0 Å². The quantitative estimate of drug-likeness (QED) is 0.369. The first kappa shape index (κ1) is 16.0. The first-order chi connectivity index (χ1) is 8.01. The summed E-state index contributed by atoms with van der Waals surface area (Å²) in [6.07, 6.45) is 7.53. The Morgan fingerprint density at radius 2 is 1.94 bits per heavy atom. The molecule has 0 aromatic rings. The van der Waals surface area contributed by atoms with E-state index in [1.807, 2.05) is 0 Å². The van der Waals surface area contributed by atoms with Crippen molar-refractivity contribution >= 4 is 7.12 Å². The molecule has 0 aliphatic heterocycles. The maximum atomic E-state index is 8.81. The van der Waals surface area contributed by atoms with Crippen LogP contribution in [-0.4, -0.2) is 23.3 Å². The molecular weight excluding hydrogens is 215 g/mol. The van der Waals surface area contributed by atoms with E-state index in [0.29, 0.717) is 5.76 Å². The van der Waals surface area contributed by atoms with Crippen molar-refractivity contribution < 1.29 is 14.8 Å². The average Bonchev–Trinajstić information content (AvgIpc) is 2.31. The molecule has 1 atom stereocenters. The molecule has 0 aromatic heterocycles. The molecule has 96 valence electrons. The lowest BCUT2D eigenvalue weighted by molar-refractivity contribution is 0.112. The van der Waals surface area contributed by atoms with Crippen LogP contribution in [0.15, 0.2) is 36.5 Å². The summed E-state index contributed by atoms with van der Waals surface area (Å²) in [5, 5.41) is 17.6. The van der Waals surface area contributed by atoms with E-state index < -0.39 is 7.12 Å². The van der Waals surface area contributed by atoms with Gasteiger partial charge < -0.3 is 14.8 Å². The van der Waals surface area contributed by atoms with E-state index in [4.69, 9.17) is 14.8 Å². The van der Waals surface area contributed by atoms with Crippen LogP contribution in [0.2, 0.25) is 0 Å². The van der Waals surface area contributed by atoms with Gasteiger partial charge in [0, 0.05) is 0 Å². The van der Waals surface area contributed by atoms with Crippen LogP contribution in [0, 0.1) is 0 Å². The van der Waals surface area contributed by atoms with E-state index in [-0.39, 0.29) is 11.6 Å². The number of hydrogen-bond donors (Lipinski definition) is 2. The summed E-state index contributed by atoms with van der Waals surface area (Å²) in [6.45, 7) is 11.5. The highest BCUT2D eigenvalue weighted by Crippen LogP contribution is 2.13. The molecule has 0 amide bonds. The predicted octanol–water partition coefficient (Wildman–Crippen LogP) is 2.61. The van der Waals surface area contributed by atoms with E-state index in [1.54, 1.807) is 6.08 Å². The fraction of sp³-hybridized carbons (Fsp3) is 0.538. The smallest absolute Gasteiger partial charge is 0.487 e. The molecule has 0 saturated carbocycles. The van der Waals surface area contributed by atoms with Crippen molar-refractivity contribution in [1.29, 1.82) is 0 Å². The lowest BCUT2D eigenvalue weighted by Gasteiger charge is -2.17. The summed E-state index contributed by atoms with van der Waals surface area (Å²) in [5.41, 5.74) is 0.219. The van der Waals surface area contributed by atoms with Crippen molar-refractivity contribution in [3.63, 3.8) is 0 Å². The lowest BCUT2D eigenvalue weighted by Crippen LogP contribution is -2.13. The summed E-state index contributed by atoms with van der Waals surface area (Å²) in [4.78, 5) is 0.